The molecule has 0 atom stereocenters. The molecule has 0 unspecified atom stereocenters. The van der Waals surface area contributed by atoms with E-state index in [0.29, 0.717) is 16.9 Å². The van der Waals surface area contributed by atoms with Crippen molar-refractivity contribution in [3.63, 3.8) is 0 Å². The molecule has 0 bridgehead atoms. The summed E-state index contributed by atoms with van der Waals surface area (Å²) in [4.78, 5) is 13.0. The van der Waals surface area contributed by atoms with Crippen LogP contribution in [0.25, 0.3) is 0 Å². The number of sulfone groups is 1. The molecule has 5 nitrogen and oxygen atoms in total. The van der Waals surface area contributed by atoms with Gasteiger partial charge < -0.3 is 10.6 Å². The maximum atomic E-state index is 12.8. The van der Waals surface area contributed by atoms with E-state index in [1.807, 2.05) is 44.2 Å². The average Bonchev–Trinajstić information content (AvgIpc) is 2.65. The maximum absolute atomic E-state index is 12.8. The van der Waals surface area contributed by atoms with Crippen molar-refractivity contribution in [3.8, 4) is 0 Å². The van der Waals surface area contributed by atoms with Gasteiger partial charge in [0.2, 0.25) is 0 Å². The van der Waals surface area contributed by atoms with Crippen LogP contribution in [0, 0.1) is 13.8 Å². The molecule has 0 heterocycles. The molecule has 3 aromatic rings. The predicted molar refractivity (Wildman–Crippen MR) is 113 cm³/mol. The molecule has 0 saturated carbocycles. The van der Waals surface area contributed by atoms with Crippen LogP contribution >= 0.6 is 0 Å². The summed E-state index contributed by atoms with van der Waals surface area (Å²) in [6.07, 6.45) is 1.14. The van der Waals surface area contributed by atoms with Crippen molar-refractivity contribution in [1.82, 2.24) is 0 Å². The number of para-hydroxylation sites is 1. The molecule has 6 heteroatoms. The molecule has 0 fully saturated rings. The second-order valence-corrected chi connectivity index (χ2v) is 8.69. The number of rotatable bonds is 5. The van der Waals surface area contributed by atoms with Crippen LogP contribution in [0.15, 0.2) is 71.6 Å². The van der Waals surface area contributed by atoms with Crippen LogP contribution in [-0.2, 0) is 9.84 Å². The Hall–Kier alpha value is -3.12. The normalized spacial score (nSPS) is 11.1. The van der Waals surface area contributed by atoms with Gasteiger partial charge in [0.25, 0.3) is 5.91 Å². The van der Waals surface area contributed by atoms with Crippen molar-refractivity contribution in [2.24, 2.45) is 0 Å². The number of nitrogens with one attached hydrogen (secondary N) is 2. The quantitative estimate of drug-likeness (QED) is 0.658. The Morgan fingerprint density at radius 3 is 2.29 bits per heavy atom. The molecule has 0 aliphatic heterocycles. The van der Waals surface area contributed by atoms with E-state index in [-0.39, 0.29) is 10.8 Å². The van der Waals surface area contributed by atoms with Crippen molar-refractivity contribution in [2.75, 3.05) is 16.9 Å². The molecule has 0 saturated heterocycles. The number of amides is 1. The third-order valence-electron chi connectivity index (χ3n) is 4.57. The minimum Gasteiger partial charge on any atom is -0.355 e. The Labute approximate surface area is 165 Å². The zero-order valence-electron chi connectivity index (χ0n) is 16.0. The lowest BCUT2D eigenvalue weighted by atomic mass is 10.1. The van der Waals surface area contributed by atoms with Crippen LogP contribution in [0.1, 0.15) is 21.5 Å². The van der Waals surface area contributed by atoms with Crippen molar-refractivity contribution in [2.45, 2.75) is 18.7 Å². The second-order valence-electron chi connectivity index (χ2n) is 6.67. The summed E-state index contributed by atoms with van der Waals surface area (Å²) in [5, 5.41) is 6.11. The van der Waals surface area contributed by atoms with Gasteiger partial charge >= 0.3 is 0 Å². The van der Waals surface area contributed by atoms with Gasteiger partial charge in [-0.2, -0.15) is 0 Å². The SMILES string of the molecule is Cc1cccc(Nc2ccccc2C(=O)Nc2cccc(S(C)(=O)=O)c2)c1C. The molecule has 0 spiro atoms. The zero-order valence-corrected chi connectivity index (χ0v) is 16.8. The zero-order chi connectivity index (χ0) is 20.3. The number of carbonyl (C=O) groups is 1. The second kappa shape index (κ2) is 7.86. The molecular weight excluding hydrogens is 372 g/mol. The molecule has 0 aliphatic rings. The number of hydrogen-bond acceptors (Lipinski definition) is 4. The van der Waals surface area contributed by atoms with E-state index < -0.39 is 9.84 Å². The summed E-state index contributed by atoms with van der Waals surface area (Å²) >= 11 is 0. The van der Waals surface area contributed by atoms with Gasteiger partial charge in [-0.1, -0.05) is 30.3 Å². The number of carbonyl (C=O) groups excluding carboxylic acids is 1. The Balaban J connectivity index is 1.89. The third kappa shape index (κ3) is 4.40. The van der Waals surface area contributed by atoms with Crippen LogP contribution in [0.3, 0.4) is 0 Å². The number of anilines is 3. The topological polar surface area (TPSA) is 75.3 Å². The van der Waals surface area contributed by atoms with Crippen LogP contribution in [0.2, 0.25) is 0 Å². The average molecular weight is 394 g/mol. The van der Waals surface area contributed by atoms with Crippen LogP contribution in [-0.4, -0.2) is 20.6 Å². The molecule has 144 valence electrons. The molecule has 28 heavy (non-hydrogen) atoms. The standard InChI is InChI=1S/C22H22N2O3S/c1-15-8-6-13-20(16(15)2)24-21-12-5-4-11-19(21)22(25)23-17-9-7-10-18(14-17)28(3,26)27/h4-14,24H,1-3H3,(H,23,25). The highest BCUT2D eigenvalue weighted by molar-refractivity contribution is 7.90. The van der Waals surface area contributed by atoms with Crippen LogP contribution < -0.4 is 10.6 Å². The first kappa shape index (κ1) is 19.6. The summed E-state index contributed by atoms with van der Waals surface area (Å²) in [6, 6.07) is 19.4. The smallest absolute Gasteiger partial charge is 0.257 e. The summed E-state index contributed by atoms with van der Waals surface area (Å²) in [6.45, 7) is 4.06. The Bertz CT molecular complexity index is 1140. The predicted octanol–water partition coefficient (Wildman–Crippen LogP) is 4.70. The van der Waals surface area contributed by atoms with Crippen molar-refractivity contribution >= 4 is 32.8 Å². The van der Waals surface area contributed by atoms with E-state index in [1.165, 1.54) is 12.1 Å². The van der Waals surface area contributed by atoms with Gasteiger partial charge in [0.05, 0.1) is 16.1 Å². The third-order valence-corrected chi connectivity index (χ3v) is 5.68. The fraction of sp³-hybridized carbons (Fsp3) is 0.136. The molecule has 0 radical (unpaired) electrons. The molecule has 2 N–H and O–H groups in total. The first-order chi connectivity index (χ1) is 13.3. The van der Waals surface area contributed by atoms with Crippen molar-refractivity contribution < 1.29 is 13.2 Å². The van der Waals surface area contributed by atoms with Crippen LogP contribution in [0.5, 0.6) is 0 Å². The van der Waals surface area contributed by atoms with Crippen molar-refractivity contribution in [1.29, 1.82) is 0 Å². The van der Waals surface area contributed by atoms with E-state index in [2.05, 4.69) is 10.6 Å². The number of benzene rings is 3. The van der Waals surface area contributed by atoms with Gasteiger partial charge in [0, 0.05) is 17.6 Å². The lowest BCUT2D eigenvalue weighted by Crippen LogP contribution is -2.14. The number of aryl methyl sites for hydroxylation is 1. The molecule has 1 amide bonds. The molecule has 0 aliphatic carbocycles. The summed E-state index contributed by atoms with van der Waals surface area (Å²) in [5.41, 5.74) is 4.76. The molecule has 3 aromatic carbocycles. The Morgan fingerprint density at radius 2 is 1.54 bits per heavy atom. The lowest BCUT2D eigenvalue weighted by molar-refractivity contribution is 0.102. The summed E-state index contributed by atoms with van der Waals surface area (Å²) in [7, 11) is -3.35. The summed E-state index contributed by atoms with van der Waals surface area (Å²) < 4.78 is 23.5. The minimum atomic E-state index is -3.35. The molecule has 0 aromatic heterocycles. The number of hydrogen-bond donors (Lipinski definition) is 2. The fourth-order valence-corrected chi connectivity index (χ4v) is 3.49. The Kier molecular flexibility index (Phi) is 5.51. The van der Waals surface area contributed by atoms with Gasteiger partial charge in [-0.3, -0.25) is 4.79 Å². The first-order valence-electron chi connectivity index (χ1n) is 8.79. The van der Waals surface area contributed by atoms with Gasteiger partial charge in [-0.05, 0) is 61.4 Å². The fourth-order valence-electron chi connectivity index (χ4n) is 2.82. The molecular formula is C22H22N2O3S. The summed E-state index contributed by atoms with van der Waals surface area (Å²) in [5.74, 6) is -0.320. The van der Waals surface area contributed by atoms with E-state index in [1.54, 1.807) is 24.3 Å². The van der Waals surface area contributed by atoms with E-state index in [0.717, 1.165) is 23.1 Å². The van der Waals surface area contributed by atoms with Gasteiger partial charge in [0.1, 0.15) is 0 Å². The highest BCUT2D eigenvalue weighted by atomic mass is 32.2. The first-order valence-corrected chi connectivity index (χ1v) is 10.7. The maximum Gasteiger partial charge on any atom is 0.257 e. The van der Waals surface area contributed by atoms with E-state index in [9.17, 15) is 13.2 Å². The highest BCUT2D eigenvalue weighted by Gasteiger charge is 2.14. The monoisotopic (exact) mass is 394 g/mol. The molecule has 3 rings (SSSR count). The minimum absolute atomic E-state index is 0.159. The van der Waals surface area contributed by atoms with Gasteiger partial charge in [-0.25, -0.2) is 8.42 Å². The lowest BCUT2D eigenvalue weighted by Gasteiger charge is -2.15. The van der Waals surface area contributed by atoms with E-state index in [4.69, 9.17) is 0 Å². The van der Waals surface area contributed by atoms with Crippen molar-refractivity contribution in [3.05, 3.63) is 83.4 Å². The largest absolute Gasteiger partial charge is 0.355 e. The Morgan fingerprint density at radius 1 is 0.857 bits per heavy atom. The van der Waals surface area contributed by atoms with Gasteiger partial charge in [0.15, 0.2) is 9.84 Å². The highest BCUT2D eigenvalue weighted by Crippen LogP contribution is 2.26. The van der Waals surface area contributed by atoms with Crippen LogP contribution in [0.4, 0.5) is 17.1 Å². The van der Waals surface area contributed by atoms with Gasteiger partial charge in [-0.15, -0.1) is 0 Å². The van der Waals surface area contributed by atoms with E-state index >= 15 is 0 Å².